The largest absolute Gasteiger partial charge is 0.472 e. The van der Waals surface area contributed by atoms with E-state index in [9.17, 15) is 43.2 Å². The number of aliphatic hydroxyl groups excluding tert-OH is 1. The third-order valence-corrected chi connectivity index (χ3v) is 21.2. The zero-order valence-electron chi connectivity index (χ0n) is 66.1. The summed E-state index contributed by atoms with van der Waals surface area (Å²) in [5.41, 5.74) is 0. The summed E-state index contributed by atoms with van der Waals surface area (Å²) in [5, 5.41) is 10.7. The summed E-state index contributed by atoms with van der Waals surface area (Å²) in [6, 6.07) is 0. The van der Waals surface area contributed by atoms with E-state index >= 15 is 0 Å². The Bertz CT molecular complexity index is 1930. The summed E-state index contributed by atoms with van der Waals surface area (Å²) >= 11 is 0. The van der Waals surface area contributed by atoms with Gasteiger partial charge in [0.15, 0.2) is 12.2 Å². The van der Waals surface area contributed by atoms with Crippen LogP contribution in [0.1, 0.15) is 439 Å². The van der Waals surface area contributed by atoms with Crippen molar-refractivity contribution in [3.05, 3.63) is 0 Å². The number of phosphoric acid groups is 2. The molecule has 0 aromatic carbocycles. The number of unbranched alkanes of at least 4 members (excludes halogenated alkanes) is 54. The minimum atomic E-state index is -4.96. The van der Waals surface area contributed by atoms with Crippen molar-refractivity contribution in [3.63, 3.8) is 0 Å². The maximum atomic E-state index is 13.1. The molecule has 0 spiro atoms. The van der Waals surface area contributed by atoms with Gasteiger partial charge < -0.3 is 33.8 Å². The first-order valence-corrected chi connectivity index (χ1v) is 45.6. The molecule has 17 nitrogen and oxygen atoms in total. The van der Waals surface area contributed by atoms with E-state index in [1.54, 1.807) is 0 Å². The quantitative estimate of drug-likeness (QED) is 0.0222. The second-order valence-corrected chi connectivity index (χ2v) is 32.9. The Morgan fingerprint density at radius 1 is 0.267 bits per heavy atom. The molecule has 0 aliphatic heterocycles. The van der Waals surface area contributed by atoms with Crippen molar-refractivity contribution >= 4 is 39.5 Å². The van der Waals surface area contributed by atoms with Crippen LogP contribution in [0.15, 0.2) is 0 Å². The van der Waals surface area contributed by atoms with Gasteiger partial charge in [0.2, 0.25) is 0 Å². The first kappa shape index (κ1) is 99.1. The van der Waals surface area contributed by atoms with Crippen LogP contribution in [0.3, 0.4) is 0 Å². The molecule has 3 N–H and O–H groups in total. The third kappa shape index (κ3) is 76.1. The lowest BCUT2D eigenvalue weighted by Crippen LogP contribution is -2.30. The molecule has 0 rings (SSSR count). The zero-order chi connectivity index (χ0) is 74.1. The van der Waals surface area contributed by atoms with E-state index in [2.05, 4.69) is 34.6 Å². The van der Waals surface area contributed by atoms with E-state index in [4.69, 9.17) is 37.0 Å². The van der Waals surface area contributed by atoms with Crippen LogP contribution in [0.5, 0.6) is 0 Å². The fourth-order valence-electron chi connectivity index (χ4n) is 12.8. The van der Waals surface area contributed by atoms with Crippen molar-refractivity contribution in [1.82, 2.24) is 0 Å². The van der Waals surface area contributed by atoms with Crippen molar-refractivity contribution in [2.45, 2.75) is 457 Å². The van der Waals surface area contributed by atoms with Crippen LogP contribution < -0.4 is 0 Å². The average molecular weight is 1480 g/mol. The van der Waals surface area contributed by atoms with Crippen LogP contribution in [0.25, 0.3) is 0 Å². The van der Waals surface area contributed by atoms with Gasteiger partial charge in [0, 0.05) is 25.7 Å². The fraction of sp³-hybridized carbons (Fsp3) is 0.951. The van der Waals surface area contributed by atoms with E-state index in [0.29, 0.717) is 25.7 Å². The van der Waals surface area contributed by atoms with Crippen molar-refractivity contribution in [3.8, 4) is 0 Å². The lowest BCUT2D eigenvalue weighted by Gasteiger charge is -2.21. The predicted molar refractivity (Wildman–Crippen MR) is 414 cm³/mol. The first-order chi connectivity index (χ1) is 49.0. The molecule has 101 heavy (non-hydrogen) atoms. The van der Waals surface area contributed by atoms with Gasteiger partial charge in [-0.3, -0.25) is 37.3 Å². The molecule has 0 heterocycles. The van der Waals surface area contributed by atoms with Crippen molar-refractivity contribution < 1.29 is 80.2 Å². The number of ether oxygens (including phenoxy) is 4. The number of esters is 4. The zero-order valence-corrected chi connectivity index (χ0v) is 67.8. The summed E-state index contributed by atoms with van der Waals surface area (Å²) in [7, 11) is -9.92. The second kappa shape index (κ2) is 74.9. The van der Waals surface area contributed by atoms with Crippen molar-refractivity contribution in [1.29, 1.82) is 0 Å². The smallest absolute Gasteiger partial charge is 0.462 e. The lowest BCUT2D eigenvalue weighted by molar-refractivity contribution is -0.161. The SMILES string of the molecule is CCCCCCCCCCCCCCCCCCCC(=O)O[C@H](COC(=O)CCCCCCCCCCCCCCCC(C)C)COP(=O)(O)OC[C@@H](O)COP(=O)(O)OC[C@@H](COC(=O)CCCCCCCCCCCCCCC)OC(=O)CCCCCCCCCCCCCCCCC. The maximum Gasteiger partial charge on any atom is 0.472 e. The number of carbonyl (C=O) groups excluding carboxylic acids is 4. The average Bonchev–Trinajstić information content (AvgIpc) is 0.924. The number of phosphoric ester groups is 2. The van der Waals surface area contributed by atoms with Crippen LogP contribution in [0.4, 0.5) is 0 Å². The summed E-state index contributed by atoms with van der Waals surface area (Å²) in [6.45, 7) is 7.37. The Kier molecular flexibility index (Phi) is 73.5. The Morgan fingerprint density at radius 2 is 0.455 bits per heavy atom. The molecule has 19 heteroatoms. The highest BCUT2D eigenvalue weighted by Crippen LogP contribution is 2.45. The molecule has 0 fully saturated rings. The fourth-order valence-corrected chi connectivity index (χ4v) is 14.3. The molecule has 0 saturated heterocycles. The molecule has 0 saturated carbocycles. The molecule has 0 aliphatic carbocycles. The third-order valence-electron chi connectivity index (χ3n) is 19.3. The highest BCUT2D eigenvalue weighted by Gasteiger charge is 2.30. The normalized spacial score (nSPS) is 13.8. The van der Waals surface area contributed by atoms with Crippen molar-refractivity contribution in [2.24, 2.45) is 5.92 Å². The highest BCUT2D eigenvalue weighted by molar-refractivity contribution is 7.47. The lowest BCUT2D eigenvalue weighted by atomic mass is 10.0. The number of rotatable bonds is 82. The molecule has 0 bridgehead atoms. The van der Waals surface area contributed by atoms with E-state index in [-0.39, 0.29) is 25.7 Å². The van der Waals surface area contributed by atoms with Gasteiger partial charge in [-0.1, -0.05) is 388 Å². The molecule has 0 aromatic heterocycles. The Labute approximate surface area is 619 Å². The van der Waals surface area contributed by atoms with Gasteiger partial charge in [-0.25, -0.2) is 9.13 Å². The van der Waals surface area contributed by atoms with Crippen LogP contribution in [0.2, 0.25) is 0 Å². The number of aliphatic hydroxyl groups is 1. The minimum Gasteiger partial charge on any atom is -0.462 e. The van der Waals surface area contributed by atoms with E-state index in [0.717, 1.165) is 95.8 Å². The second-order valence-electron chi connectivity index (χ2n) is 30.0. The van der Waals surface area contributed by atoms with Gasteiger partial charge in [0.25, 0.3) is 0 Å². The minimum absolute atomic E-state index is 0.109. The topological polar surface area (TPSA) is 237 Å². The van der Waals surface area contributed by atoms with Crippen LogP contribution >= 0.6 is 15.6 Å². The first-order valence-electron chi connectivity index (χ1n) is 42.6. The standard InChI is InChI=1S/C82H160O17P2/c1-6-9-12-15-18-21-24-27-29-30-32-37-43-48-53-58-63-68-82(87)99-78(72-93-80(85)66-61-56-51-46-41-38-33-35-39-44-49-54-59-64-75(4)5)74-97-101(90,91)95-70-76(83)69-94-100(88,89)96-73-77(71-92-79(84)65-60-55-50-45-40-34-26-23-20-17-14-11-8-3)98-81(86)67-62-57-52-47-42-36-31-28-25-22-19-16-13-10-7-2/h75-78,83H,6-74H2,1-5H3,(H,88,89)(H,90,91)/t76-,77+,78+/m0/s1. The molecular formula is C82H160O17P2. The molecule has 0 amide bonds. The summed E-state index contributed by atoms with van der Waals surface area (Å²) in [6.07, 6.45) is 66.4. The van der Waals surface area contributed by atoms with Crippen molar-refractivity contribution in [2.75, 3.05) is 39.6 Å². The molecule has 0 aromatic rings. The van der Waals surface area contributed by atoms with Crippen LogP contribution in [0, 0.1) is 5.92 Å². The summed E-state index contributed by atoms with van der Waals surface area (Å²) < 4.78 is 68.8. The Hall–Kier alpha value is -1.94. The molecule has 0 radical (unpaired) electrons. The van der Waals surface area contributed by atoms with Gasteiger partial charge in [0.05, 0.1) is 26.4 Å². The molecule has 5 atom stereocenters. The Morgan fingerprint density at radius 3 is 0.673 bits per heavy atom. The summed E-state index contributed by atoms with van der Waals surface area (Å²) in [5.74, 6) is -1.31. The van der Waals surface area contributed by atoms with E-state index < -0.39 is 97.5 Å². The maximum absolute atomic E-state index is 13.1. The molecular weight excluding hydrogens is 1320 g/mol. The van der Waals surface area contributed by atoms with E-state index in [1.807, 2.05) is 0 Å². The molecule has 600 valence electrons. The number of hydrogen-bond acceptors (Lipinski definition) is 15. The predicted octanol–water partition coefficient (Wildman–Crippen LogP) is 24.8. The molecule has 0 aliphatic rings. The number of hydrogen-bond donors (Lipinski definition) is 3. The van der Waals surface area contributed by atoms with Gasteiger partial charge in [-0.05, 0) is 31.6 Å². The van der Waals surface area contributed by atoms with Gasteiger partial charge in [-0.15, -0.1) is 0 Å². The highest BCUT2D eigenvalue weighted by atomic mass is 31.2. The monoisotopic (exact) mass is 1480 g/mol. The van der Waals surface area contributed by atoms with E-state index in [1.165, 1.54) is 263 Å². The van der Waals surface area contributed by atoms with Crippen LogP contribution in [-0.2, 0) is 65.4 Å². The van der Waals surface area contributed by atoms with Gasteiger partial charge in [0.1, 0.15) is 19.3 Å². The molecule has 2 unspecified atom stereocenters. The van der Waals surface area contributed by atoms with Gasteiger partial charge in [-0.2, -0.15) is 0 Å². The van der Waals surface area contributed by atoms with Crippen LogP contribution in [-0.4, -0.2) is 96.7 Å². The summed E-state index contributed by atoms with van der Waals surface area (Å²) in [4.78, 5) is 73.1. The van der Waals surface area contributed by atoms with Gasteiger partial charge >= 0.3 is 39.5 Å². The number of carbonyl (C=O) groups is 4. The Balaban J connectivity index is 5.27.